The van der Waals surface area contributed by atoms with Gasteiger partial charge in [-0.3, -0.25) is 4.99 Å². The van der Waals surface area contributed by atoms with E-state index in [1.165, 1.54) is 0 Å². The molecule has 0 saturated heterocycles. The summed E-state index contributed by atoms with van der Waals surface area (Å²) >= 11 is 0. The SMILES string of the molecule is CCOc1c(CC#N)c2c(c3c1OC(C)(C)C3)C(c1cccc(C(=O)O)c1)=NC(C)(C)C2. The summed E-state index contributed by atoms with van der Waals surface area (Å²) in [5, 5.41) is 19.2. The smallest absolute Gasteiger partial charge is 0.335 e. The topological polar surface area (TPSA) is 91.9 Å². The van der Waals surface area contributed by atoms with Crippen LogP contribution in [-0.4, -0.2) is 34.5 Å². The molecule has 2 aliphatic heterocycles. The maximum absolute atomic E-state index is 11.6. The zero-order valence-corrected chi connectivity index (χ0v) is 19.2. The van der Waals surface area contributed by atoms with E-state index in [9.17, 15) is 15.2 Å². The number of carboxylic acids is 1. The molecule has 0 saturated carbocycles. The molecular weight excluding hydrogens is 404 g/mol. The second-order valence-electron chi connectivity index (χ2n) is 9.61. The second kappa shape index (κ2) is 7.67. The number of ether oxygens (including phenoxy) is 2. The maximum Gasteiger partial charge on any atom is 0.335 e. The molecule has 2 aromatic carbocycles. The Morgan fingerprint density at radius 2 is 2.00 bits per heavy atom. The first-order chi connectivity index (χ1) is 15.1. The Kier molecular flexibility index (Phi) is 5.24. The van der Waals surface area contributed by atoms with E-state index in [1.54, 1.807) is 18.2 Å². The van der Waals surface area contributed by atoms with Gasteiger partial charge in [-0.05, 0) is 58.7 Å². The van der Waals surface area contributed by atoms with E-state index in [-0.39, 0.29) is 12.0 Å². The Morgan fingerprint density at radius 3 is 2.66 bits per heavy atom. The lowest BCUT2D eigenvalue weighted by atomic mass is 9.78. The molecule has 0 unspecified atom stereocenters. The van der Waals surface area contributed by atoms with Gasteiger partial charge in [0.25, 0.3) is 0 Å². The van der Waals surface area contributed by atoms with Crippen molar-refractivity contribution in [2.75, 3.05) is 6.61 Å². The number of nitriles is 1. The largest absolute Gasteiger partial charge is 0.490 e. The van der Waals surface area contributed by atoms with Crippen LogP contribution in [0.25, 0.3) is 0 Å². The number of hydrogen-bond acceptors (Lipinski definition) is 5. The lowest BCUT2D eigenvalue weighted by Gasteiger charge is -2.33. The van der Waals surface area contributed by atoms with Gasteiger partial charge >= 0.3 is 5.97 Å². The van der Waals surface area contributed by atoms with Crippen LogP contribution in [0.1, 0.15) is 72.8 Å². The minimum absolute atomic E-state index is 0.202. The van der Waals surface area contributed by atoms with Crippen molar-refractivity contribution in [3.8, 4) is 17.6 Å². The second-order valence-corrected chi connectivity index (χ2v) is 9.61. The summed E-state index contributed by atoms with van der Waals surface area (Å²) in [5.41, 5.74) is 4.74. The zero-order valence-electron chi connectivity index (χ0n) is 19.2. The molecule has 2 aliphatic rings. The van der Waals surface area contributed by atoms with Crippen molar-refractivity contribution < 1.29 is 19.4 Å². The highest BCUT2D eigenvalue weighted by atomic mass is 16.5. The molecule has 2 heterocycles. The van der Waals surface area contributed by atoms with Crippen LogP contribution in [0.15, 0.2) is 29.3 Å². The average Bonchev–Trinajstić information content (AvgIpc) is 3.04. The maximum atomic E-state index is 11.6. The molecule has 0 amide bonds. The van der Waals surface area contributed by atoms with Crippen molar-refractivity contribution in [2.45, 2.75) is 65.0 Å². The Hall–Kier alpha value is -3.33. The number of fused-ring (bicyclic) bond motifs is 3. The van der Waals surface area contributed by atoms with Crippen LogP contribution in [0, 0.1) is 11.3 Å². The Morgan fingerprint density at radius 1 is 1.25 bits per heavy atom. The van der Waals surface area contributed by atoms with Crippen molar-refractivity contribution in [3.05, 3.63) is 57.6 Å². The highest BCUT2D eigenvalue weighted by Crippen LogP contribution is 2.50. The Balaban J connectivity index is 2.07. The van der Waals surface area contributed by atoms with Gasteiger partial charge in [-0.15, -0.1) is 0 Å². The summed E-state index contributed by atoms with van der Waals surface area (Å²) < 4.78 is 12.4. The Bertz CT molecular complexity index is 1190. The predicted molar refractivity (Wildman–Crippen MR) is 122 cm³/mol. The van der Waals surface area contributed by atoms with Crippen molar-refractivity contribution >= 4 is 11.7 Å². The molecular formula is C26H28N2O4. The van der Waals surface area contributed by atoms with Crippen molar-refractivity contribution in [1.82, 2.24) is 0 Å². The van der Waals surface area contributed by atoms with Crippen LogP contribution in [-0.2, 0) is 19.3 Å². The number of aliphatic imine (C=N–C) groups is 1. The number of rotatable bonds is 5. The highest BCUT2D eigenvalue weighted by molar-refractivity contribution is 6.17. The quantitative estimate of drug-likeness (QED) is 0.737. The Labute approximate surface area is 188 Å². The van der Waals surface area contributed by atoms with Crippen LogP contribution < -0.4 is 9.47 Å². The number of hydrogen-bond donors (Lipinski definition) is 1. The lowest BCUT2D eigenvalue weighted by Crippen LogP contribution is -2.31. The fourth-order valence-corrected chi connectivity index (χ4v) is 4.76. The first kappa shape index (κ1) is 21.9. The number of carbonyl (C=O) groups is 1. The molecule has 6 heteroatoms. The fourth-order valence-electron chi connectivity index (χ4n) is 4.76. The van der Waals surface area contributed by atoms with Crippen LogP contribution in [0.5, 0.6) is 11.5 Å². The zero-order chi connectivity index (χ0) is 23.3. The predicted octanol–water partition coefficient (Wildman–Crippen LogP) is 4.74. The number of carboxylic acid groups (broad SMARTS) is 1. The third kappa shape index (κ3) is 3.73. The minimum Gasteiger partial charge on any atom is -0.490 e. The van der Waals surface area contributed by atoms with E-state index in [0.29, 0.717) is 30.9 Å². The third-order valence-electron chi connectivity index (χ3n) is 5.89. The molecule has 32 heavy (non-hydrogen) atoms. The number of aromatic carboxylic acids is 1. The van der Waals surface area contributed by atoms with Gasteiger partial charge < -0.3 is 14.6 Å². The summed E-state index contributed by atoms with van der Waals surface area (Å²) in [4.78, 5) is 16.7. The van der Waals surface area contributed by atoms with Gasteiger partial charge in [0.1, 0.15) is 5.60 Å². The van der Waals surface area contributed by atoms with Crippen molar-refractivity contribution in [2.24, 2.45) is 4.99 Å². The van der Waals surface area contributed by atoms with Crippen LogP contribution in [0.2, 0.25) is 0 Å². The third-order valence-corrected chi connectivity index (χ3v) is 5.89. The van der Waals surface area contributed by atoms with Gasteiger partial charge in [-0.1, -0.05) is 12.1 Å². The summed E-state index contributed by atoms with van der Waals surface area (Å²) in [5.74, 6) is 0.363. The van der Waals surface area contributed by atoms with E-state index in [1.807, 2.05) is 26.8 Å². The van der Waals surface area contributed by atoms with E-state index < -0.39 is 17.1 Å². The summed E-state index contributed by atoms with van der Waals surface area (Å²) in [6, 6.07) is 9.18. The van der Waals surface area contributed by atoms with Gasteiger partial charge in [0.05, 0.1) is 35.9 Å². The van der Waals surface area contributed by atoms with Gasteiger partial charge in [0.15, 0.2) is 11.5 Å². The van der Waals surface area contributed by atoms with Gasteiger partial charge in [-0.25, -0.2) is 4.79 Å². The standard InChI is InChI=1S/C26H28N2O4/c1-6-31-22-17(10-11-27)18-13-25(2,3)28-21(15-8-7-9-16(12-15)24(29)30)20(18)19-14-26(4,5)32-23(19)22/h7-9,12H,6,10,13-14H2,1-5H3,(H,29,30). The molecule has 0 spiro atoms. The minimum atomic E-state index is -0.977. The van der Waals surface area contributed by atoms with Gasteiger partial charge in [-0.2, -0.15) is 5.26 Å². The molecule has 0 atom stereocenters. The summed E-state index contributed by atoms with van der Waals surface area (Å²) in [7, 11) is 0. The average molecular weight is 433 g/mol. The molecule has 0 bridgehead atoms. The van der Waals surface area contributed by atoms with Gasteiger partial charge in [0, 0.05) is 28.7 Å². The number of nitrogens with zero attached hydrogens (tertiary/aromatic N) is 2. The fraction of sp³-hybridized carbons (Fsp3) is 0.423. The molecule has 1 N–H and O–H groups in total. The molecule has 166 valence electrons. The van der Waals surface area contributed by atoms with Crippen molar-refractivity contribution in [1.29, 1.82) is 5.26 Å². The normalized spacial score (nSPS) is 17.4. The van der Waals surface area contributed by atoms with E-state index in [4.69, 9.17) is 14.5 Å². The van der Waals surface area contributed by atoms with E-state index in [0.717, 1.165) is 33.5 Å². The molecule has 4 rings (SSSR count). The van der Waals surface area contributed by atoms with Crippen molar-refractivity contribution in [3.63, 3.8) is 0 Å². The van der Waals surface area contributed by atoms with E-state index >= 15 is 0 Å². The molecule has 2 aromatic rings. The van der Waals surface area contributed by atoms with Crippen LogP contribution in [0.3, 0.4) is 0 Å². The number of benzene rings is 2. The van der Waals surface area contributed by atoms with E-state index in [2.05, 4.69) is 19.9 Å². The highest BCUT2D eigenvalue weighted by Gasteiger charge is 2.41. The summed E-state index contributed by atoms with van der Waals surface area (Å²) in [6.45, 7) is 10.6. The lowest BCUT2D eigenvalue weighted by molar-refractivity contribution is 0.0697. The first-order valence-electron chi connectivity index (χ1n) is 10.9. The molecule has 6 nitrogen and oxygen atoms in total. The van der Waals surface area contributed by atoms with Gasteiger partial charge in [0.2, 0.25) is 0 Å². The summed E-state index contributed by atoms with van der Waals surface area (Å²) in [6.07, 6.45) is 1.54. The molecule has 0 aliphatic carbocycles. The molecule has 0 aromatic heterocycles. The first-order valence-corrected chi connectivity index (χ1v) is 10.9. The van der Waals surface area contributed by atoms with Crippen LogP contribution in [0.4, 0.5) is 0 Å². The van der Waals surface area contributed by atoms with Crippen LogP contribution >= 0.6 is 0 Å². The molecule has 0 radical (unpaired) electrons. The molecule has 0 fully saturated rings. The monoisotopic (exact) mass is 432 g/mol.